The minimum atomic E-state index is -2.80. The standard InChI is InChI=1S/C2H10N2O2S/c3-1-2-7(4,5)6/h5-6H,1-4H2. The van der Waals surface area contributed by atoms with Crippen molar-refractivity contribution >= 4 is 10.8 Å². The van der Waals surface area contributed by atoms with Crippen LogP contribution >= 0.6 is 10.8 Å². The zero-order valence-electron chi connectivity index (χ0n) is 3.87. The van der Waals surface area contributed by atoms with Crippen LogP contribution in [-0.2, 0) is 0 Å². The monoisotopic (exact) mass is 126 g/mol. The quantitative estimate of drug-likeness (QED) is 0.404. The summed E-state index contributed by atoms with van der Waals surface area (Å²) in [6.07, 6.45) is 0. The molecule has 0 saturated heterocycles. The molecular formula is C2H10N2O2S. The molecular weight excluding hydrogens is 116 g/mol. The van der Waals surface area contributed by atoms with Gasteiger partial charge in [0.1, 0.15) is 0 Å². The molecule has 4 nitrogen and oxygen atoms in total. The number of rotatable bonds is 2. The second-order valence-corrected chi connectivity index (χ2v) is 3.05. The lowest BCUT2D eigenvalue weighted by Crippen LogP contribution is -2.18. The number of nitrogens with two attached hydrogens (primary N) is 2. The average molecular weight is 126 g/mol. The highest BCUT2D eigenvalue weighted by atomic mass is 32.3. The molecule has 6 N–H and O–H groups in total. The molecule has 0 amide bonds. The van der Waals surface area contributed by atoms with Crippen LogP contribution in [0.3, 0.4) is 0 Å². The van der Waals surface area contributed by atoms with Crippen LogP contribution in [0.1, 0.15) is 0 Å². The van der Waals surface area contributed by atoms with E-state index in [0.29, 0.717) is 0 Å². The van der Waals surface area contributed by atoms with Gasteiger partial charge in [0.25, 0.3) is 0 Å². The Morgan fingerprint density at radius 2 is 1.86 bits per heavy atom. The van der Waals surface area contributed by atoms with Crippen molar-refractivity contribution < 1.29 is 9.11 Å². The zero-order valence-corrected chi connectivity index (χ0v) is 4.69. The fourth-order valence-corrected chi connectivity index (χ4v) is 0.520. The molecule has 0 fully saturated rings. The average Bonchev–Trinajstić information content (AvgIpc) is 1.30. The van der Waals surface area contributed by atoms with Gasteiger partial charge in [0.05, 0.1) is 5.75 Å². The van der Waals surface area contributed by atoms with E-state index >= 15 is 0 Å². The Kier molecular flexibility index (Phi) is 2.55. The van der Waals surface area contributed by atoms with Crippen LogP contribution in [-0.4, -0.2) is 21.4 Å². The number of hydrogen-bond donors (Lipinski definition) is 4. The molecule has 0 bridgehead atoms. The highest BCUT2D eigenvalue weighted by molar-refractivity contribution is 8.22. The van der Waals surface area contributed by atoms with Gasteiger partial charge in [0.2, 0.25) is 0 Å². The van der Waals surface area contributed by atoms with E-state index in [2.05, 4.69) is 0 Å². The molecule has 46 valence electrons. The van der Waals surface area contributed by atoms with Gasteiger partial charge in [-0.2, -0.15) is 0 Å². The molecule has 5 heteroatoms. The first-order valence-corrected chi connectivity index (χ1v) is 3.58. The van der Waals surface area contributed by atoms with Crippen molar-refractivity contribution in [3.63, 3.8) is 0 Å². The third-order valence-electron chi connectivity index (χ3n) is 0.418. The molecule has 0 unspecified atom stereocenters. The Hall–Kier alpha value is 0.190. The Balaban J connectivity index is 3.15. The molecule has 0 heterocycles. The van der Waals surface area contributed by atoms with E-state index in [9.17, 15) is 0 Å². The summed E-state index contributed by atoms with van der Waals surface area (Å²) < 4.78 is 16.7. The molecule has 0 aliphatic heterocycles. The predicted molar refractivity (Wildman–Crippen MR) is 31.0 cm³/mol. The van der Waals surface area contributed by atoms with E-state index in [1.807, 2.05) is 0 Å². The first-order chi connectivity index (χ1) is 3.06. The van der Waals surface area contributed by atoms with Gasteiger partial charge in [-0.05, 0) is 0 Å². The summed E-state index contributed by atoms with van der Waals surface area (Å²) >= 11 is 0. The summed E-state index contributed by atoms with van der Waals surface area (Å²) in [5, 5.41) is 4.76. The van der Waals surface area contributed by atoms with E-state index in [1.165, 1.54) is 0 Å². The molecule has 0 atom stereocenters. The van der Waals surface area contributed by atoms with Crippen molar-refractivity contribution in [3.8, 4) is 0 Å². The van der Waals surface area contributed by atoms with Gasteiger partial charge in [-0.1, -0.05) is 0 Å². The van der Waals surface area contributed by atoms with Gasteiger partial charge in [-0.15, -0.1) is 10.8 Å². The first kappa shape index (κ1) is 7.19. The molecule has 0 aliphatic carbocycles. The van der Waals surface area contributed by atoms with Crippen LogP contribution < -0.4 is 10.9 Å². The van der Waals surface area contributed by atoms with Crippen molar-refractivity contribution in [2.24, 2.45) is 10.9 Å². The van der Waals surface area contributed by atoms with Crippen LogP contribution in [0.2, 0.25) is 0 Å². The summed E-state index contributed by atoms with van der Waals surface area (Å²) in [4.78, 5) is 0. The van der Waals surface area contributed by atoms with Crippen molar-refractivity contribution in [2.75, 3.05) is 12.3 Å². The van der Waals surface area contributed by atoms with Crippen LogP contribution in [0, 0.1) is 0 Å². The Morgan fingerprint density at radius 1 is 1.43 bits per heavy atom. The summed E-state index contributed by atoms with van der Waals surface area (Å²) in [5.41, 5.74) is 4.94. The van der Waals surface area contributed by atoms with Crippen molar-refractivity contribution in [1.82, 2.24) is 0 Å². The highest BCUT2D eigenvalue weighted by Gasteiger charge is 1.98. The number of hydrogen-bond acceptors (Lipinski definition) is 4. The molecule has 0 aliphatic rings. The minimum Gasteiger partial charge on any atom is -0.329 e. The summed E-state index contributed by atoms with van der Waals surface area (Å²) in [6.45, 7) is 0.221. The Morgan fingerprint density at radius 3 is 1.86 bits per heavy atom. The molecule has 7 heavy (non-hydrogen) atoms. The van der Waals surface area contributed by atoms with Gasteiger partial charge >= 0.3 is 0 Å². The second-order valence-electron chi connectivity index (χ2n) is 1.21. The van der Waals surface area contributed by atoms with Gasteiger partial charge in [-0.25, -0.2) is 5.14 Å². The smallest absolute Gasteiger partial charge is 0.0648 e. The largest absolute Gasteiger partial charge is 0.329 e. The molecule has 0 rings (SSSR count). The molecule has 0 aromatic heterocycles. The Labute approximate surface area is 44.0 Å². The molecule has 0 aromatic rings. The van der Waals surface area contributed by atoms with Gasteiger partial charge in [0, 0.05) is 6.54 Å². The summed E-state index contributed by atoms with van der Waals surface area (Å²) in [7, 11) is -2.80. The van der Waals surface area contributed by atoms with Crippen LogP contribution in [0.5, 0.6) is 0 Å². The van der Waals surface area contributed by atoms with Gasteiger partial charge in [0.15, 0.2) is 0 Å². The van der Waals surface area contributed by atoms with Crippen molar-refractivity contribution in [2.45, 2.75) is 0 Å². The lowest BCUT2D eigenvalue weighted by atomic mass is 10.8. The summed E-state index contributed by atoms with van der Waals surface area (Å²) in [6, 6.07) is 0. The third-order valence-corrected chi connectivity index (χ3v) is 1.25. The fraction of sp³-hybridized carbons (Fsp3) is 1.00. The van der Waals surface area contributed by atoms with Gasteiger partial charge < -0.3 is 5.73 Å². The molecule has 0 spiro atoms. The van der Waals surface area contributed by atoms with Crippen LogP contribution in [0.15, 0.2) is 0 Å². The molecule has 0 radical (unpaired) electrons. The normalized spacial score (nSPS) is 14.3. The lowest BCUT2D eigenvalue weighted by molar-refractivity contribution is 0.489. The van der Waals surface area contributed by atoms with Crippen LogP contribution in [0.25, 0.3) is 0 Å². The molecule has 0 saturated carbocycles. The minimum absolute atomic E-state index is 0.0903. The van der Waals surface area contributed by atoms with Gasteiger partial charge in [-0.3, -0.25) is 9.11 Å². The fourth-order valence-electron chi connectivity index (χ4n) is 0.173. The van der Waals surface area contributed by atoms with E-state index < -0.39 is 10.8 Å². The lowest BCUT2D eigenvalue weighted by Gasteiger charge is -2.24. The maximum absolute atomic E-state index is 8.35. The zero-order chi connectivity index (χ0) is 5.91. The Bertz CT molecular complexity index is 52.1. The van der Waals surface area contributed by atoms with E-state index in [1.54, 1.807) is 0 Å². The van der Waals surface area contributed by atoms with Crippen molar-refractivity contribution in [3.05, 3.63) is 0 Å². The van der Waals surface area contributed by atoms with E-state index in [-0.39, 0.29) is 12.3 Å². The summed E-state index contributed by atoms with van der Waals surface area (Å²) in [5.74, 6) is 0.0903. The van der Waals surface area contributed by atoms with E-state index in [4.69, 9.17) is 20.0 Å². The van der Waals surface area contributed by atoms with Crippen molar-refractivity contribution in [1.29, 1.82) is 0 Å². The first-order valence-electron chi connectivity index (χ1n) is 1.80. The van der Waals surface area contributed by atoms with E-state index in [0.717, 1.165) is 0 Å². The van der Waals surface area contributed by atoms with Crippen LogP contribution in [0.4, 0.5) is 0 Å². The molecule has 0 aromatic carbocycles. The SMILES string of the molecule is NCCS(N)(O)O. The topological polar surface area (TPSA) is 92.5 Å². The highest BCUT2D eigenvalue weighted by Crippen LogP contribution is 2.25. The second kappa shape index (κ2) is 2.49. The maximum Gasteiger partial charge on any atom is 0.0648 e. The third kappa shape index (κ3) is 6.19. The maximum atomic E-state index is 8.35. The predicted octanol–water partition coefficient (Wildman–Crippen LogP) is -0.431.